The highest BCUT2D eigenvalue weighted by Gasteiger charge is 2.20. The molecule has 3 heterocycles. The molecule has 10 heteroatoms. The zero-order chi connectivity index (χ0) is 23.2. The number of methoxy groups -OCH3 is 2. The van der Waals surface area contributed by atoms with Gasteiger partial charge in [0.2, 0.25) is 0 Å². The van der Waals surface area contributed by atoms with Gasteiger partial charge in [0.25, 0.3) is 5.91 Å². The van der Waals surface area contributed by atoms with Gasteiger partial charge in [-0.3, -0.25) is 4.79 Å². The Hall–Kier alpha value is -3.01. The van der Waals surface area contributed by atoms with Gasteiger partial charge in [-0.05, 0) is 37.1 Å². The molecule has 3 aromatic rings. The van der Waals surface area contributed by atoms with Gasteiger partial charge in [-0.2, -0.15) is 5.10 Å². The van der Waals surface area contributed by atoms with Gasteiger partial charge in [0.1, 0.15) is 17.3 Å². The molecule has 0 saturated carbocycles. The zero-order valence-electron chi connectivity index (χ0n) is 19.3. The van der Waals surface area contributed by atoms with Gasteiger partial charge in [0.15, 0.2) is 10.8 Å². The number of anilines is 1. The van der Waals surface area contributed by atoms with E-state index in [4.69, 9.17) is 19.4 Å². The molecule has 1 amide bonds. The molecule has 0 spiro atoms. The summed E-state index contributed by atoms with van der Waals surface area (Å²) in [6, 6.07) is 5.13. The molecular formula is C23H30N6O3S. The summed E-state index contributed by atoms with van der Waals surface area (Å²) in [6.07, 6.45) is 5.46. The van der Waals surface area contributed by atoms with Gasteiger partial charge >= 0.3 is 0 Å². The fourth-order valence-corrected chi connectivity index (χ4v) is 4.54. The molecular weight excluding hydrogens is 440 g/mol. The SMILES string of the molecule is CCSc1nc(N2CCCCC2)c2cnn(CCNC(=O)c3ccc(OC)cc3OC)c2n1. The van der Waals surface area contributed by atoms with Crippen LogP contribution in [-0.2, 0) is 6.54 Å². The molecule has 1 aliphatic heterocycles. The number of carbonyl (C=O) groups excluding carboxylic acids is 1. The van der Waals surface area contributed by atoms with Gasteiger partial charge < -0.3 is 19.7 Å². The molecule has 0 bridgehead atoms. The number of thioether (sulfide) groups is 1. The molecule has 1 N–H and O–H groups in total. The molecule has 9 nitrogen and oxygen atoms in total. The number of nitrogens with one attached hydrogen (secondary N) is 1. The van der Waals surface area contributed by atoms with E-state index < -0.39 is 0 Å². The van der Waals surface area contributed by atoms with Gasteiger partial charge in [-0.1, -0.05) is 18.7 Å². The predicted octanol–water partition coefficient (Wildman–Crippen LogP) is 3.38. The van der Waals surface area contributed by atoms with Gasteiger partial charge in [0, 0.05) is 25.7 Å². The Bertz CT molecular complexity index is 1110. The normalized spacial score (nSPS) is 13.8. The first-order valence-electron chi connectivity index (χ1n) is 11.3. The number of benzene rings is 1. The van der Waals surface area contributed by atoms with Gasteiger partial charge in [-0.15, -0.1) is 0 Å². The first kappa shape index (κ1) is 23.2. The number of hydrogen-bond acceptors (Lipinski definition) is 8. The van der Waals surface area contributed by atoms with E-state index in [-0.39, 0.29) is 5.91 Å². The fourth-order valence-electron chi connectivity index (χ4n) is 3.98. The van der Waals surface area contributed by atoms with Crippen molar-refractivity contribution in [3.8, 4) is 11.5 Å². The third-order valence-corrected chi connectivity index (χ3v) is 6.38. The molecule has 2 aromatic heterocycles. The standard InChI is InChI=1S/C23H30N6O3S/c1-4-33-23-26-20(28-11-6-5-7-12-28)18-15-25-29(21(18)27-23)13-10-24-22(30)17-9-8-16(31-2)14-19(17)32-3/h8-9,14-15H,4-7,10-13H2,1-3H3,(H,24,30). The van der Waals surface area contributed by atoms with E-state index in [1.807, 2.05) is 10.9 Å². The molecule has 1 aromatic carbocycles. The largest absolute Gasteiger partial charge is 0.497 e. The Morgan fingerprint density at radius 2 is 1.97 bits per heavy atom. The molecule has 0 aliphatic carbocycles. The highest BCUT2D eigenvalue weighted by atomic mass is 32.2. The summed E-state index contributed by atoms with van der Waals surface area (Å²) in [5.74, 6) is 2.76. The predicted molar refractivity (Wildman–Crippen MR) is 130 cm³/mol. The summed E-state index contributed by atoms with van der Waals surface area (Å²) in [4.78, 5) is 24.7. The third-order valence-electron chi connectivity index (χ3n) is 5.65. The summed E-state index contributed by atoms with van der Waals surface area (Å²) in [6.45, 7) is 5.02. The van der Waals surface area contributed by atoms with E-state index in [9.17, 15) is 4.79 Å². The number of nitrogens with zero attached hydrogens (tertiary/aromatic N) is 5. The van der Waals surface area contributed by atoms with Crippen LogP contribution in [0.2, 0.25) is 0 Å². The molecule has 4 rings (SSSR count). The highest BCUT2D eigenvalue weighted by molar-refractivity contribution is 7.99. The van der Waals surface area contributed by atoms with Crippen LogP contribution >= 0.6 is 11.8 Å². The van der Waals surface area contributed by atoms with Crippen molar-refractivity contribution >= 4 is 34.5 Å². The van der Waals surface area contributed by atoms with Crippen LogP contribution in [0, 0.1) is 0 Å². The lowest BCUT2D eigenvalue weighted by Crippen LogP contribution is -2.30. The molecule has 33 heavy (non-hydrogen) atoms. The van der Waals surface area contributed by atoms with Crippen LogP contribution in [0.3, 0.4) is 0 Å². The van der Waals surface area contributed by atoms with E-state index in [0.29, 0.717) is 30.2 Å². The van der Waals surface area contributed by atoms with Crippen LogP contribution in [0.4, 0.5) is 5.82 Å². The number of hydrogen-bond donors (Lipinski definition) is 1. The molecule has 0 atom stereocenters. The number of aromatic nitrogens is 4. The second-order valence-electron chi connectivity index (χ2n) is 7.74. The monoisotopic (exact) mass is 470 g/mol. The second kappa shape index (κ2) is 10.7. The lowest BCUT2D eigenvalue weighted by Gasteiger charge is -2.28. The number of ether oxygens (including phenoxy) is 2. The van der Waals surface area contributed by atoms with Crippen molar-refractivity contribution in [3.05, 3.63) is 30.0 Å². The first-order valence-corrected chi connectivity index (χ1v) is 12.2. The van der Waals surface area contributed by atoms with Crippen molar-refractivity contribution in [1.82, 2.24) is 25.1 Å². The van der Waals surface area contributed by atoms with Crippen molar-refractivity contribution in [1.29, 1.82) is 0 Å². The Morgan fingerprint density at radius 1 is 1.15 bits per heavy atom. The van der Waals surface area contributed by atoms with Crippen molar-refractivity contribution in [2.75, 3.05) is 44.5 Å². The maximum absolute atomic E-state index is 12.7. The molecule has 1 saturated heterocycles. The lowest BCUT2D eigenvalue weighted by atomic mass is 10.1. The quantitative estimate of drug-likeness (QED) is 0.376. The van der Waals surface area contributed by atoms with E-state index in [1.165, 1.54) is 26.4 Å². The summed E-state index contributed by atoms with van der Waals surface area (Å²) in [7, 11) is 3.11. The lowest BCUT2D eigenvalue weighted by molar-refractivity contribution is 0.0949. The maximum Gasteiger partial charge on any atom is 0.255 e. The van der Waals surface area contributed by atoms with Crippen LogP contribution in [0.1, 0.15) is 36.5 Å². The van der Waals surface area contributed by atoms with E-state index in [2.05, 4.69) is 22.2 Å². The van der Waals surface area contributed by atoms with Crippen LogP contribution < -0.4 is 19.7 Å². The molecule has 0 unspecified atom stereocenters. The van der Waals surface area contributed by atoms with Crippen molar-refractivity contribution in [2.45, 2.75) is 37.9 Å². The van der Waals surface area contributed by atoms with Crippen molar-refractivity contribution < 1.29 is 14.3 Å². The number of piperidine rings is 1. The topological polar surface area (TPSA) is 94.4 Å². The van der Waals surface area contributed by atoms with Gasteiger partial charge in [0.05, 0.1) is 37.9 Å². The Morgan fingerprint density at radius 3 is 2.70 bits per heavy atom. The smallest absolute Gasteiger partial charge is 0.255 e. The summed E-state index contributed by atoms with van der Waals surface area (Å²) in [5, 5.41) is 9.24. The van der Waals surface area contributed by atoms with Crippen molar-refractivity contribution in [3.63, 3.8) is 0 Å². The zero-order valence-corrected chi connectivity index (χ0v) is 20.2. The highest BCUT2D eigenvalue weighted by Crippen LogP contribution is 2.29. The molecule has 1 aliphatic rings. The Balaban J connectivity index is 1.51. The molecule has 176 valence electrons. The van der Waals surface area contributed by atoms with Crippen LogP contribution in [0.15, 0.2) is 29.6 Å². The molecule has 0 radical (unpaired) electrons. The van der Waals surface area contributed by atoms with Gasteiger partial charge in [-0.25, -0.2) is 14.6 Å². The Kier molecular flexibility index (Phi) is 7.54. The van der Waals surface area contributed by atoms with Crippen molar-refractivity contribution in [2.24, 2.45) is 0 Å². The van der Waals surface area contributed by atoms with Crippen LogP contribution in [0.25, 0.3) is 11.0 Å². The molecule has 1 fully saturated rings. The average Bonchev–Trinajstić information content (AvgIpc) is 3.26. The van der Waals surface area contributed by atoms with E-state index in [1.54, 1.807) is 37.1 Å². The minimum absolute atomic E-state index is 0.211. The number of fused-ring (bicyclic) bond motifs is 1. The summed E-state index contributed by atoms with van der Waals surface area (Å²) < 4.78 is 12.4. The number of carbonyl (C=O) groups is 1. The van der Waals surface area contributed by atoms with E-state index in [0.717, 1.165) is 40.9 Å². The first-order chi connectivity index (χ1) is 16.1. The van der Waals surface area contributed by atoms with Crippen LogP contribution in [-0.4, -0.2) is 65.3 Å². The second-order valence-corrected chi connectivity index (χ2v) is 8.97. The summed E-state index contributed by atoms with van der Waals surface area (Å²) >= 11 is 1.63. The van der Waals surface area contributed by atoms with Crippen LogP contribution in [0.5, 0.6) is 11.5 Å². The number of amides is 1. The van der Waals surface area contributed by atoms with E-state index >= 15 is 0 Å². The third kappa shape index (κ3) is 5.16. The minimum atomic E-state index is -0.211. The number of rotatable bonds is 9. The summed E-state index contributed by atoms with van der Waals surface area (Å²) in [5.41, 5.74) is 1.26. The maximum atomic E-state index is 12.7. The minimum Gasteiger partial charge on any atom is -0.497 e. The fraction of sp³-hybridized carbons (Fsp3) is 0.478. The average molecular weight is 471 g/mol. The Labute approximate surface area is 197 Å².